The maximum Gasteiger partial charge on any atom is 0.251 e. The summed E-state index contributed by atoms with van der Waals surface area (Å²) in [5.41, 5.74) is 3.19. The maximum atomic E-state index is 13.1. The Morgan fingerprint density at radius 3 is 2.95 bits per heavy atom. The molecule has 3 rings (SSSR count). The predicted molar refractivity (Wildman–Crippen MR) is 78.3 cm³/mol. The standard InChI is InChI=1S/C16H14FN3O/c1-20-10-19-14-7-11(5-6-15(14)20)9-18-16(21)12-3-2-4-13(17)8-12/h2-8,10H,9H2,1H3,(H,18,21). The van der Waals surface area contributed by atoms with Gasteiger partial charge < -0.3 is 9.88 Å². The highest BCUT2D eigenvalue weighted by Crippen LogP contribution is 2.14. The van der Waals surface area contributed by atoms with Crippen molar-refractivity contribution in [1.82, 2.24) is 14.9 Å². The van der Waals surface area contributed by atoms with E-state index in [1.54, 1.807) is 12.4 Å². The first-order valence-electron chi connectivity index (χ1n) is 6.57. The molecule has 1 heterocycles. The summed E-state index contributed by atoms with van der Waals surface area (Å²) in [6.07, 6.45) is 1.75. The summed E-state index contributed by atoms with van der Waals surface area (Å²) in [4.78, 5) is 16.2. The van der Waals surface area contributed by atoms with Crippen molar-refractivity contribution in [2.45, 2.75) is 6.54 Å². The number of rotatable bonds is 3. The molecule has 0 bridgehead atoms. The maximum absolute atomic E-state index is 13.1. The summed E-state index contributed by atoms with van der Waals surface area (Å²) in [6.45, 7) is 0.377. The molecule has 0 aliphatic rings. The van der Waals surface area contributed by atoms with Gasteiger partial charge in [-0.1, -0.05) is 12.1 Å². The van der Waals surface area contributed by atoms with E-state index in [2.05, 4.69) is 10.3 Å². The van der Waals surface area contributed by atoms with E-state index in [-0.39, 0.29) is 5.91 Å². The molecule has 0 saturated carbocycles. The smallest absolute Gasteiger partial charge is 0.251 e. The number of halogens is 1. The van der Waals surface area contributed by atoms with Gasteiger partial charge in [-0.2, -0.15) is 0 Å². The molecule has 0 spiro atoms. The van der Waals surface area contributed by atoms with E-state index in [1.807, 2.05) is 29.8 Å². The van der Waals surface area contributed by atoms with Crippen LogP contribution in [0.3, 0.4) is 0 Å². The summed E-state index contributed by atoms with van der Waals surface area (Å²) in [6, 6.07) is 11.5. The van der Waals surface area contributed by atoms with Gasteiger partial charge in [0.1, 0.15) is 5.82 Å². The van der Waals surface area contributed by atoms with Crippen molar-refractivity contribution in [3.8, 4) is 0 Å². The van der Waals surface area contributed by atoms with E-state index in [0.717, 1.165) is 16.6 Å². The van der Waals surface area contributed by atoms with E-state index in [0.29, 0.717) is 12.1 Å². The molecule has 1 N–H and O–H groups in total. The summed E-state index contributed by atoms with van der Waals surface area (Å²) in [5, 5.41) is 2.77. The lowest BCUT2D eigenvalue weighted by Gasteiger charge is -2.06. The molecule has 0 atom stereocenters. The first-order valence-corrected chi connectivity index (χ1v) is 6.57. The van der Waals surface area contributed by atoms with E-state index in [4.69, 9.17) is 0 Å². The number of benzene rings is 2. The van der Waals surface area contributed by atoms with E-state index in [9.17, 15) is 9.18 Å². The van der Waals surface area contributed by atoms with E-state index >= 15 is 0 Å². The lowest BCUT2D eigenvalue weighted by molar-refractivity contribution is 0.0950. The Balaban J connectivity index is 1.72. The summed E-state index contributed by atoms with van der Waals surface area (Å²) in [5.74, 6) is -0.715. The van der Waals surface area contributed by atoms with Crippen LogP contribution in [-0.4, -0.2) is 15.5 Å². The molecule has 0 fully saturated rings. The molecule has 0 aliphatic heterocycles. The van der Waals surface area contributed by atoms with Crippen LogP contribution < -0.4 is 5.32 Å². The summed E-state index contributed by atoms with van der Waals surface area (Å²) in [7, 11) is 1.93. The molecular formula is C16H14FN3O. The normalized spacial score (nSPS) is 10.8. The molecule has 2 aromatic carbocycles. The van der Waals surface area contributed by atoms with Crippen molar-refractivity contribution in [3.63, 3.8) is 0 Å². The van der Waals surface area contributed by atoms with Gasteiger partial charge >= 0.3 is 0 Å². The third-order valence-corrected chi connectivity index (χ3v) is 3.33. The fourth-order valence-corrected chi connectivity index (χ4v) is 2.21. The number of aromatic nitrogens is 2. The fraction of sp³-hybridized carbons (Fsp3) is 0.125. The second-order valence-corrected chi connectivity index (χ2v) is 4.87. The average molecular weight is 283 g/mol. The number of fused-ring (bicyclic) bond motifs is 1. The van der Waals surface area contributed by atoms with Crippen molar-refractivity contribution in [1.29, 1.82) is 0 Å². The Morgan fingerprint density at radius 1 is 1.29 bits per heavy atom. The van der Waals surface area contributed by atoms with Gasteiger partial charge in [0.25, 0.3) is 5.91 Å². The van der Waals surface area contributed by atoms with Crippen molar-refractivity contribution < 1.29 is 9.18 Å². The first kappa shape index (κ1) is 13.3. The van der Waals surface area contributed by atoms with Gasteiger partial charge in [0.2, 0.25) is 0 Å². The van der Waals surface area contributed by atoms with E-state index < -0.39 is 5.82 Å². The third kappa shape index (κ3) is 2.76. The number of imidazole rings is 1. The van der Waals surface area contributed by atoms with Crippen LogP contribution in [0.15, 0.2) is 48.8 Å². The number of hydrogen-bond acceptors (Lipinski definition) is 2. The monoisotopic (exact) mass is 283 g/mol. The molecule has 4 nitrogen and oxygen atoms in total. The molecule has 1 amide bonds. The van der Waals surface area contributed by atoms with Crippen LogP contribution in [-0.2, 0) is 13.6 Å². The third-order valence-electron chi connectivity index (χ3n) is 3.33. The second kappa shape index (κ2) is 5.36. The summed E-state index contributed by atoms with van der Waals surface area (Å²) >= 11 is 0. The van der Waals surface area contributed by atoms with Crippen molar-refractivity contribution >= 4 is 16.9 Å². The zero-order chi connectivity index (χ0) is 14.8. The number of aryl methyl sites for hydroxylation is 1. The largest absolute Gasteiger partial charge is 0.348 e. The summed E-state index contributed by atoms with van der Waals surface area (Å²) < 4.78 is 15.0. The van der Waals surface area contributed by atoms with Gasteiger partial charge in [-0.3, -0.25) is 4.79 Å². The number of carbonyl (C=O) groups excluding carboxylic acids is 1. The zero-order valence-corrected chi connectivity index (χ0v) is 11.5. The number of nitrogens with zero attached hydrogens (tertiary/aromatic N) is 2. The van der Waals surface area contributed by atoms with Crippen LogP contribution in [0, 0.1) is 5.82 Å². The molecular weight excluding hydrogens is 269 g/mol. The highest BCUT2D eigenvalue weighted by atomic mass is 19.1. The van der Waals surface area contributed by atoms with Gasteiger partial charge in [0.15, 0.2) is 0 Å². The minimum atomic E-state index is -0.419. The Labute approximate surface area is 121 Å². The highest BCUT2D eigenvalue weighted by Gasteiger charge is 2.07. The predicted octanol–water partition coefficient (Wildman–Crippen LogP) is 2.64. The second-order valence-electron chi connectivity index (χ2n) is 4.87. The van der Waals surface area contributed by atoms with Crippen molar-refractivity contribution in [3.05, 3.63) is 65.7 Å². The molecule has 0 radical (unpaired) electrons. The Kier molecular flexibility index (Phi) is 3.39. The molecule has 3 aromatic rings. The van der Waals surface area contributed by atoms with E-state index in [1.165, 1.54) is 18.2 Å². The van der Waals surface area contributed by atoms with Crippen LogP contribution in [0.25, 0.3) is 11.0 Å². The lowest BCUT2D eigenvalue weighted by atomic mass is 10.1. The van der Waals surface area contributed by atoms with Crippen LogP contribution in [0.1, 0.15) is 15.9 Å². The van der Waals surface area contributed by atoms with Crippen LogP contribution in [0.5, 0.6) is 0 Å². The Hall–Kier alpha value is -2.69. The van der Waals surface area contributed by atoms with Gasteiger partial charge in [0.05, 0.1) is 17.4 Å². The highest BCUT2D eigenvalue weighted by molar-refractivity contribution is 5.94. The molecule has 21 heavy (non-hydrogen) atoms. The number of hydrogen-bond donors (Lipinski definition) is 1. The molecule has 1 aromatic heterocycles. The molecule has 5 heteroatoms. The average Bonchev–Trinajstić information content (AvgIpc) is 2.86. The van der Waals surface area contributed by atoms with Gasteiger partial charge in [-0.25, -0.2) is 9.37 Å². The number of amides is 1. The number of nitrogens with one attached hydrogen (secondary N) is 1. The molecule has 0 aliphatic carbocycles. The van der Waals surface area contributed by atoms with Crippen LogP contribution in [0.2, 0.25) is 0 Å². The number of carbonyl (C=O) groups is 1. The van der Waals surface area contributed by atoms with Crippen LogP contribution in [0.4, 0.5) is 4.39 Å². The van der Waals surface area contributed by atoms with Crippen molar-refractivity contribution in [2.24, 2.45) is 7.05 Å². The molecule has 0 unspecified atom stereocenters. The fourth-order valence-electron chi connectivity index (χ4n) is 2.21. The topological polar surface area (TPSA) is 46.9 Å². The van der Waals surface area contributed by atoms with Gasteiger partial charge in [-0.05, 0) is 35.9 Å². The zero-order valence-electron chi connectivity index (χ0n) is 11.5. The Bertz CT molecular complexity index is 810. The van der Waals surface area contributed by atoms with Crippen LogP contribution >= 0.6 is 0 Å². The van der Waals surface area contributed by atoms with Gasteiger partial charge in [-0.15, -0.1) is 0 Å². The SMILES string of the molecule is Cn1cnc2cc(CNC(=O)c3cccc(F)c3)ccc21. The quantitative estimate of drug-likeness (QED) is 0.803. The Morgan fingerprint density at radius 2 is 2.14 bits per heavy atom. The first-order chi connectivity index (χ1) is 10.1. The minimum absolute atomic E-state index is 0.296. The lowest BCUT2D eigenvalue weighted by Crippen LogP contribution is -2.22. The van der Waals surface area contributed by atoms with Crippen molar-refractivity contribution in [2.75, 3.05) is 0 Å². The minimum Gasteiger partial charge on any atom is -0.348 e. The van der Waals surface area contributed by atoms with Gasteiger partial charge in [0, 0.05) is 19.2 Å². The molecule has 106 valence electrons. The molecule has 0 saturated heterocycles.